The highest BCUT2D eigenvalue weighted by Gasteiger charge is 2.34. The summed E-state index contributed by atoms with van der Waals surface area (Å²) in [5.74, 6) is 0. The van der Waals surface area contributed by atoms with E-state index in [1.54, 1.807) is 50.3 Å². The molecule has 0 aliphatic heterocycles. The van der Waals surface area contributed by atoms with Gasteiger partial charge in [-0.1, -0.05) is 118 Å². The molecule has 0 saturated carbocycles. The summed E-state index contributed by atoms with van der Waals surface area (Å²) in [4.78, 5) is 0. The lowest BCUT2D eigenvalue weighted by Gasteiger charge is -2.28. The van der Waals surface area contributed by atoms with Crippen molar-refractivity contribution in [2.45, 2.75) is 169 Å². The SMILES string of the molecule is CCCCCCCC[P+](CCCCCCC)(CCCCCCC)CCCCCCCC.[Cl-]. The quantitative estimate of drug-likeness (QED) is 0.0839. The van der Waals surface area contributed by atoms with Crippen molar-refractivity contribution in [1.29, 1.82) is 0 Å². The summed E-state index contributed by atoms with van der Waals surface area (Å²) in [5, 5.41) is 0. The van der Waals surface area contributed by atoms with E-state index in [4.69, 9.17) is 0 Å². The molecule has 0 aliphatic rings. The first-order valence-corrected chi connectivity index (χ1v) is 17.6. The summed E-state index contributed by atoms with van der Waals surface area (Å²) in [5.41, 5.74) is 0. The van der Waals surface area contributed by atoms with Gasteiger partial charge < -0.3 is 12.4 Å². The highest BCUT2D eigenvalue weighted by Crippen LogP contribution is 2.61. The molecule has 0 aliphatic carbocycles. The molecule has 0 radical (unpaired) electrons. The molecule has 0 N–H and O–H groups in total. The average Bonchev–Trinajstić information content (AvgIpc) is 2.78. The fourth-order valence-electron chi connectivity index (χ4n) is 5.23. The molecular weight excluding hydrogens is 427 g/mol. The largest absolute Gasteiger partial charge is 1.00 e. The van der Waals surface area contributed by atoms with Crippen LogP contribution < -0.4 is 12.4 Å². The third kappa shape index (κ3) is 22.5. The van der Waals surface area contributed by atoms with Gasteiger partial charge in [-0.25, -0.2) is 0 Å². The van der Waals surface area contributed by atoms with Crippen molar-refractivity contribution in [3.8, 4) is 0 Å². The summed E-state index contributed by atoms with van der Waals surface area (Å²) in [6, 6.07) is 0. The van der Waals surface area contributed by atoms with E-state index < -0.39 is 7.26 Å². The van der Waals surface area contributed by atoms with E-state index in [-0.39, 0.29) is 12.4 Å². The van der Waals surface area contributed by atoms with E-state index in [2.05, 4.69) is 27.7 Å². The molecule has 0 aromatic rings. The Balaban J connectivity index is 0. The van der Waals surface area contributed by atoms with Crippen molar-refractivity contribution in [1.82, 2.24) is 0 Å². The van der Waals surface area contributed by atoms with Crippen LogP contribution in [0.4, 0.5) is 0 Å². The Morgan fingerprint density at radius 2 is 0.469 bits per heavy atom. The van der Waals surface area contributed by atoms with E-state index in [1.165, 1.54) is 116 Å². The van der Waals surface area contributed by atoms with Gasteiger partial charge in [0.15, 0.2) is 0 Å². The first-order chi connectivity index (χ1) is 15.2. The molecule has 0 aromatic carbocycles. The van der Waals surface area contributed by atoms with Crippen molar-refractivity contribution < 1.29 is 12.4 Å². The lowest BCUT2D eigenvalue weighted by atomic mass is 10.1. The molecule has 2 heteroatoms. The van der Waals surface area contributed by atoms with E-state index >= 15 is 0 Å². The lowest BCUT2D eigenvalue weighted by molar-refractivity contribution is -0.00000712. The minimum Gasteiger partial charge on any atom is -1.00 e. The molecule has 0 heterocycles. The maximum absolute atomic E-state index is 2.35. The van der Waals surface area contributed by atoms with Gasteiger partial charge in [0.25, 0.3) is 0 Å². The van der Waals surface area contributed by atoms with Crippen molar-refractivity contribution >= 4 is 7.26 Å². The Hall–Kier alpha value is 0.720. The number of hydrogen-bond acceptors (Lipinski definition) is 0. The molecule has 0 unspecified atom stereocenters. The van der Waals surface area contributed by atoms with Gasteiger partial charge in [-0.15, -0.1) is 0 Å². The Labute approximate surface area is 213 Å². The third-order valence-corrected chi connectivity index (χ3v) is 12.5. The minimum absolute atomic E-state index is 0. The van der Waals surface area contributed by atoms with Crippen LogP contribution in [-0.4, -0.2) is 24.6 Å². The van der Waals surface area contributed by atoms with Crippen molar-refractivity contribution in [3.63, 3.8) is 0 Å². The van der Waals surface area contributed by atoms with E-state index in [0.717, 1.165) is 0 Å². The van der Waals surface area contributed by atoms with Gasteiger partial charge >= 0.3 is 0 Å². The van der Waals surface area contributed by atoms with Crippen molar-refractivity contribution in [2.24, 2.45) is 0 Å². The Kier molecular flexibility index (Phi) is 30.5. The van der Waals surface area contributed by atoms with Crippen LogP contribution in [0.2, 0.25) is 0 Å². The lowest BCUT2D eigenvalue weighted by Crippen LogP contribution is -3.00. The molecule has 0 spiro atoms. The van der Waals surface area contributed by atoms with Crippen LogP contribution >= 0.6 is 7.26 Å². The zero-order chi connectivity index (χ0) is 22.9. The zero-order valence-electron chi connectivity index (χ0n) is 23.2. The molecule has 32 heavy (non-hydrogen) atoms. The van der Waals surface area contributed by atoms with Crippen molar-refractivity contribution in [3.05, 3.63) is 0 Å². The molecule has 0 atom stereocenters. The number of rotatable bonds is 26. The van der Waals surface area contributed by atoms with Crippen LogP contribution in [0.5, 0.6) is 0 Å². The van der Waals surface area contributed by atoms with Gasteiger partial charge in [0.2, 0.25) is 0 Å². The number of hydrogen-bond donors (Lipinski definition) is 0. The molecule has 0 nitrogen and oxygen atoms in total. The summed E-state index contributed by atoms with van der Waals surface area (Å²) in [6.45, 7) is 9.39. The fourth-order valence-corrected chi connectivity index (χ4v) is 10.1. The van der Waals surface area contributed by atoms with Gasteiger partial charge in [-0.2, -0.15) is 0 Å². The summed E-state index contributed by atoms with van der Waals surface area (Å²) in [7, 11) is -0.705. The normalized spacial score (nSPS) is 11.6. The van der Waals surface area contributed by atoms with Crippen LogP contribution in [0.25, 0.3) is 0 Å². The Morgan fingerprint density at radius 3 is 0.688 bits per heavy atom. The van der Waals surface area contributed by atoms with E-state index in [1.807, 2.05) is 0 Å². The van der Waals surface area contributed by atoms with Crippen LogP contribution in [-0.2, 0) is 0 Å². The topological polar surface area (TPSA) is 0 Å². The molecule has 196 valence electrons. The molecule has 0 rings (SSSR count). The van der Waals surface area contributed by atoms with Gasteiger partial charge in [-0.05, 0) is 51.4 Å². The second kappa shape index (κ2) is 28.0. The minimum atomic E-state index is -0.705. The molecule has 0 amide bonds. The van der Waals surface area contributed by atoms with E-state index in [9.17, 15) is 0 Å². The zero-order valence-corrected chi connectivity index (χ0v) is 24.9. The van der Waals surface area contributed by atoms with E-state index in [0.29, 0.717) is 0 Å². The first kappa shape index (κ1) is 34.9. The fraction of sp³-hybridized carbons (Fsp3) is 1.00. The summed E-state index contributed by atoms with van der Waals surface area (Å²) >= 11 is 0. The van der Waals surface area contributed by atoms with Crippen LogP contribution in [0.15, 0.2) is 0 Å². The van der Waals surface area contributed by atoms with Crippen LogP contribution in [0, 0.1) is 0 Å². The van der Waals surface area contributed by atoms with Gasteiger partial charge in [0.05, 0.1) is 24.6 Å². The molecule has 0 aromatic heterocycles. The van der Waals surface area contributed by atoms with Gasteiger partial charge in [0.1, 0.15) is 0 Å². The second-order valence-corrected chi connectivity index (χ2v) is 15.1. The Morgan fingerprint density at radius 1 is 0.281 bits per heavy atom. The second-order valence-electron chi connectivity index (χ2n) is 10.6. The first-order valence-electron chi connectivity index (χ1n) is 15.1. The highest BCUT2D eigenvalue weighted by atomic mass is 35.5. The standard InChI is InChI=1S/C30H64P.ClH/c1-5-9-13-17-21-25-29-31(27-23-19-15-11-7-3,28-24-20-16-12-8-4)30-26-22-18-14-10-6-2;/h5-30H2,1-4H3;1H/q+1;/p-1. The molecular formula is C30H64ClP. The maximum Gasteiger partial charge on any atom is 0.0594 e. The van der Waals surface area contributed by atoms with Crippen LogP contribution in [0.1, 0.15) is 169 Å². The smallest absolute Gasteiger partial charge is 0.0594 e. The summed E-state index contributed by atoms with van der Waals surface area (Å²) < 4.78 is 0. The summed E-state index contributed by atoms with van der Waals surface area (Å²) in [6.07, 6.45) is 39.1. The highest BCUT2D eigenvalue weighted by molar-refractivity contribution is 7.75. The van der Waals surface area contributed by atoms with Crippen LogP contribution in [0.3, 0.4) is 0 Å². The number of unbranched alkanes of at least 4 members (excludes halogenated alkanes) is 18. The monoisotopic (exact) mass is 490 g/mol. The molecule has 0 saturated heterocycles. The predicted molar refractivity (Wildman–Crippen MR) is 151 cm³/mol. The molecule has 0 fully saturated rings. The predicted octanol–water partition coefficient (Wildman–Crippen LogP) is 8.67. The maximum atomic E-state index is 2.35. The molecule has 0 bridgehead atoms. The van der Waals surface area contributed by atoms with Gasteiger partial charge in [-0.3, -0.25) is 0 Å². The van der Waals surface area contributed by atoms with Gasteiger partial charge in [0, 0.05) is 7.26 Å². The average molecular weight is 491 g/mol. The Bertz CT molecular complexity index is 299. The third-order valence-electron chi connectivity index (χ3n) is 7.44. The van der Waals surface area contributed by atoms with Crippen molar-refractivity contribution in [2.75, 3.05) is 24.6 Å². The number of halogens is 1.